The predicted octanol–water partition coefficient (Wildman–Crippen LogP) is 5.00. The second kappa shape index (κ2) is 11.3. The molecule has 3 aromatic carbocycles. The van der Waals surface area contributed by atoms with E-state index in [9.17, 15) is 18.3 Å². The lowest BCUT2D eigenvalue weighted by atomic mass is 10.0. The number of rotatable bonds is 8. The molecule has 0 unspecified atom stereocenters. The second-order valence-electron chi connectivity index (χ2n) is 11.6. The monoisotopic (exact) mass is 624 g/mol. The Balaban J connectivity index is 1.19. The van der Waals surface area contributed by atoms with Crippen LogP contribution in [0.25, 0.3) is 16.8 Å². The van der Waals surface area contributed by atoms with Crippen LogP contribution in [0.15, 0.2) is 90.1 Å². The molecule has 230 valence electrons. The van der Waals surface area contributed by atoms with Gasteiger partial charge in [-0.05, 0) is 59.9 Å². The minimum Gasteiger partial charge on any atom is -0.488 e. The lowest BCUT2D eigenvalue weighted by molar-refractivity contribution is 0.0695. The van der Waals surface area contributed by atoms with E-state index in [1.165, 1.54) is 10.5 Å². The number of carbonyl (C=O) groups is 1. The highest BCUT2D eigenvalue weighted by Gasteiger charge is 2.46. The first-order valence-electron chi connectivity index (χ1n) is 14.9. The van der Waals surface area contributed by atoms with Gasteiger partial charge in [-0.25, -0.2) is 17.9 Å². The number of benzene rings is 3. The largest absolute Gasteiger partial charge is 0.488 e. The van der Waals surface area contributed by atoms with Gasteiger partial charge in [0, 0.05) is 31.6 Å². The molecule has 2 aliphatic rings. The summed E-state index contributed by atoms with van der Waals surface area (Å²) in [5, 5.41) is 22.7. The number of aromatic carboxylic acids is 1. The third-order valence-electron chi connectivity index (χ3n) is 8.51. The Kier molecular flexibility index (Phi) is 7.25. The molecule has 1 aliphatic heterocycles. The van der Waals surface area contributed by atoms with Gasteiger partial charge in [-0.1, -0.05) is 54.6 Å². The fourth-order valence-electron chi connectivity index (χ4n) is 6.12. The SMILES string of the molecule is CC[C@@H]1CN(Cc2cccc(-c3cccc(-n4ncc(C(=O)O)c4[C@@H]4C[C@H]4c4cn(C)nn4)c3)c2)S(=O)(=O)c2ccccc2O1. The van der Waals surface area contributed by atoms with Crippen molar-refractivity contribution in [2.24, 2.45) is 7.05 Å². The number of para-hydroxylation sites is 1. The molecule has 3 heterocycles. The first kappa shape index (κ1) is 28.9. The first-order valence-corrected chi connectivity index (χ1v) is 16.3. The van der Waals surface area contributed by atoms with Crippen LogP contribution >= 0.6 is 0 Å². The number of aryl methyl sites for hydroxylation is 1. The van der Waals surface area contributed by atoms with Crippen LogP contribution in [0.3, 0.4) is 0 Å². The van der Waals surface area contributed by atoms with Crippen molar-refractivity contribution >= 4 is 16.0 Å². The van der Waals surface area contributed by atoms with Crippen molar-refractivity contribution in [1.29, 1.82) is 0 Å². The van der Waals surface area contributed by atoms with Crippen molar-refractivity contribution in [3.63, 3.8) is 0 Å². The smallest absolute Gasteiger partial charge is 0.339 e. The van der Waals surface area contributed by atoms with Crippen molar-refractivity contribution in [2.45, 2.75) is 49.1 Å². The third-order valence-corrected chi connectivity index (χ3v) is 10.4. The van der Waals surface area contributed by atoms with Crippen LogP contribution in [0.4, 0.5) is 0 Å². The molecule has 11 nitrogen and oxygen atoms in total. The number of fused-ring (bicyclic) bond motifs is 1. The van der Waals surface area contributed by atoms with E-state index >= 15 is 0 Å². The van der Waals surface area contributed by atoms with Gasteiger partial charge in [-0.3, -0.25) is 4.68 Å². The Bertz CT molecular complexity index is 2020. The summed E-state index contributed by atoms with van der Waals surface area (Å²) in [4.78, 5) is 12.3. The van der Waals surface area contributed by atoms with E-state index in [-0.39, 0.29) is 41.5 Å². The molecular formula is C33H32N6O5S. The number of hydrogen-bond donors (Lipinski definition) is 1. The molecule has 0 amide bonds. The van der Waals surface area contributed by atoms with Gasteiger partial charge in [0.15, 0.2) is 0 Å². The molecule has 1 aliphatic carbocycles. The van der Waals surface area contributed by atoms with Gasteiger partial charge in [-0.15, -0.1) is 5.10 Å². The highest BCUT2D eigenvalue weighted by molar-refractivity contribution is 7.89. The van der Waals surface area contributed by atoms with Crippen molar-refractivity contribution in [1.82, 2.24) is 29.1 Å². The van der Waals surface area contributed by atoms with Crippen LogP contribution in [0.2, 0.25) is 0 Å². The number of carboxylic acids is 1. The normalized spacial score (nSPS) is 20.6. The predicted molar refractivity (Wildman–Crippen MR) is 166 cm³/mol. The number of carboxylic acid groups (broad SMARTS) is 1. The van der Waals surface area contributed by atoms with Crippen LogP contribution in [-0.2, 0) is 23.6 Å². The minimum atomic E-state index is -3.78. The zero-order valence-corrected chi connectivity index (χ0v) is 25.6. The summed E-state index contributed by atoms with van der Waals surface area (Å²) in [7, 11) is -1.97. The summed E-state index contributed by atoms with van der Waals surface area (Å²) >= 11 is 0. The lowest BCUT2D eigenvalue weighted by Crippen LogP contribution is -2.36. The standard InChI is InChI=1S/C33H32N6O5S/c1-3-25-19-38(45(42,43)31-13-5-4-12-30(31)44-25)18-21-8-6-9-22(14-21)23-10-7-11-24(15-23)39-32(28(17-34-39)33(40)41)27-16-26(27)29-20-37(2)36-35-29/h4-15,17,20,25-27H,3,16,18-19H2,1-2H3,(H,40,41)/t25-,26-,27-/m1/s1. The third kappa shape index (κ3) is 5.40. The molecule has 45 heavy (non-hydrogen) atoms. The number of aromatic nitrogens is 5. The Morgan fingerprint density at radius 3 is 2.56 bits per heavy atom. The van der Waals surface area contributed by atoms with Crippen LogP contribution in [0, 0.1) is 0 Å². The van der Waals surface area contributed by atoms with Gasteiger partial charge in [0.05, 0.1) is 29.8 Å². The molecule has 1 fully saturated rings. The quantitative estimate of drug-likeness (QED) is 0.255. The number of hydrogen-bond acceptors (Lipinski definition) is 7. The van der Waals surface area contributed by atoms with E-state index in [1.54, 1.807) is 33.6 Å². The first-order chi connectivity index (χ1) is 21.7. The number of sulfonamides is 1. The Hall–Kier alpha value is -4.81. The summed E-state index contributed by atoms with van der Waals surface area (Å²) in [6.45, 7) is 2.43. The molecule has 1 N–H and O–H groups in total. The maximum absolute atomic E-state index is 13.7. The summed E-state index contributed by atoms with van der Waals surface area (Å²) < 4.78 is 38.3. The van der Waals surface area contributed by atoms with Gasteiger partial charge in [-0.2, -0.15) is 9.40 Å². The van der Waals surface area contributed by atoms with Crippen molar-refractivity contribution in [2.75, 3.05) is 6.54 Å². The maximum Gasteiger partial charge on any atom is 0.339 e. The van der Waals surface area contributed by atoms with Gasteiger partial charge in [0.2, 0.25) is 10.0 Å². The molecule has 0 saturated heterocycles. The van der Waals surface area contributed by atoms with E-state index in [2.05, 4.69) is 15.4 Å². The van der Waals surface area contributed by atoms with Crippen LogP contribution < -0.4 is 4.74 Å². The van der Waals surface area contributed by atoms with Gasteiger partial charge in [0.25, 0.3) is 0 Å². The van der Waals surface area contributed by atoms with E-state index in [4.69, 9.17) is 4.74 Å². The molecule has 12 heteroatoms. The Morgan fingerprint density at radius 1 is 1.02 bits per heavy atom. The van der Waals surface area contributed by atoms with Crippen molar-refractivity contribution in [3.8, 4) is 22.6 Å². The highest BCUT2D eigenvalue weighted by Crippen LogP contribution is 2.55. The van der Waals surface area contributed by atoms with Crippen LogP contribution in [0.5, 0.6) is 5.75 Å². The highest BCUT2D eigenvalue weighted by atomic mass is 32.2. The average Bonchev–Trinajstić information content (AvgIpc) is 3.52. The van der Waals surface area contributed by atoms with E-state index in [0.29, 0.717) is 17.9 Å². The fraction of sp³-hybridized carbons (Fsp3) is 0.273. The molecule has 0 bridgehead atoms. The summed E-state index contributed by atoms with van der Waals surface area (Å²) in [5.41, 5.74) is 5.03. The van der Waals surface area contributed by atoms with E-state index in [0.717, 1.165) is 34.5 Å². The molecular weight excluding hydrogens is 592 g/mol. The van der Waals surface area contributed by atoms with Gasteiger partial charge < -0.3 is 9.84 Å². The zero-order valence-electron chi connectivity index (χ0n) is 24.8. The summed E-state index contributed by atoms with van der Waals surface area (Å²) in [6.07, 6.45) is 4.45. The fourth-order valence-corrected chi connectivity index (χ4v) is 7.70. The molecule has 0 spiro atoms. The van der Waals surface area contributed by atoms with Crippen molar-refractivity contribution in [3.05, 3.63) is 108 Å². The number of ether oxygens (including phenoxy) is 1. The molecule has 3 atom stereocenters. The Labute approximate surface area is 260 Å². The molecule has 7 rings (SSSR count). The topological polar surface area (TPSA) is 132 Å². The van der Waals surface area contributed by atoms with E-state index in [1.807, 2.05) is 68.7 Å². The number of nitrogens with zero attached hydrogens (tertiary/aromatic N) is 6. The minimum absolute atomic E-state index is 0.0427. The summed E-state index contributed by atoms with van der Waals surface area (Å²) in [5.74, 6) is -0.603. The summed E-state index contributed by atoms with van der Waals surface area (Å²) in [6, 6.07) is 22.4. The van der Waals surface area contributed by atoms with Crippen LogP contribution in [-0.4, -0.2) is 61.2 Å². The average molecular weight is 625 g/mol. The zero-order chi connectivity index (χ0) is 31.3. The lowest BCUT2D eigenvalue weighted by Gasteiger charge is -2.22. The molecule has 5 aromatic rings. The molecule has 2 aromatic heterocycles. The molecule has 1 saturated carbocycles. The second-order valence-corrected chi connectivity index (χ2v) is 13.5. The van der Waals surface area contributed by atoms with Crippen LogP contribution in [0.1, 0.15) is 58.9 Å². The van der Waals surface area contributed by atoms with Crippen molar-refractivity contribution < 1.29 is 23.1 Å². The van der Waals surface area contributed by atoms with E-state index < -0.39 is 16.0 Å². The van der Waals surface area contributed by atoms with Gasteiger partial charge >= 0.3 is 5.97 Å². The maximum atomic E-state index is 13.7. The van der Waals surface area contributed by atoms with Gasteiger partial charge in [0.1, 0.15) is 22.3 Å². The Morgan fingerprint density at radius 2 is 1.80 bits per heavy atom. The molecule has 0 radical (unpaired) electrons.